The van der Waals surface area contributed by atoms with Gasteiger partial charge in [-0.25, -0.2) is 17.9 Å². The molecule has 0 heterocycles. The third-order valence-corrected chi connectivity index (χ3v) is 7.23. The first-order valence-electron chi connectivity index (χ1n) is 10.1. The number of amides is 1. The number of halogens is 1. The second-order valence-corrected chi connectivity index (χ2v) is 11.0. The molecular formula is C21H31ClN2O5S. The van der Waals surface area contributed by atoms with Crippen LogP contribution in [0.4, 0.5) is 0 Å². The lowest BCUT2D eigenvalue weighted by Crippen LogP contribution is -2.46. The second kappa shape index (κ2) is 9.66. The zero-order valence-corrected chi connectivity index (χ0v) is 19.7. The summed E-state index contributed by atoms with van der Waals surface area (Å²) in [6, 6.07) is 3.92. The van der Waals surface area contributed by atoms with Crippen molar-refractivity contribution in [3.8, 4) is 0 Å². The molecule has 30 heavy (non-hydrogen) atoms. The van der Waals surface area contributed by atoms with Crippen molar-refractivity contribution in [3.63, 3.8) is 0 Å². The van der Waals surface area contributed by atoms with E-state index in [1.807, 2.05) is 0 Å². The van der Waals surface area contributed by atoms with Gasteiger partial charge < -0.3 is 10.1 Å². The average Bonchev–Trinajstić information content (AvgIpc) is 2.61. The van der Waals surface area contributed by atoms with E-state index in [-0.39, 0.29) is 27.4 Å². The van der Waals surface area contributed by atoms with Gasteiger partial charge >= 0.3 is 5.97 Å². The average molecular weight is 459 g/mol. The summed E-state index contributed by atoms with van der Waals surface area (Å²) in [6.07, 6.45) is 3.18. The van der Waals surface area contributed by atoms with Crippen LogP contribution in [0.3, 0.4) is 0 Å². The molecule has 0 spiro atoms. The van der Waals surface area contributed by atoms with Crippen LogP contribution in [0.5, 0.6) is 0 Å². The Morgan fingerprint density at radius 3 is 2.43 bits per heavy atom. The maximum Gasteiger partial charge on any atom is 0.338 e. The number of hydrogen-bond acceptors (Lipinski definition) is 5. The van der Waals surface area contributed by atoms with E-state index < -0.39 is 27.6 Å². The monoisotopic (exact) mass is 458 g/mol. The van der Waals surface area contributed by atoms with Crippen molar-refractivity contribution in [3.05, 3.63) is 28.8 Å². The zero-order chi connectivity index (χ0) is 22.7. The van der Waals surface area contributed by atoms with Crippen molar-refractivity contribution in [1.82, 2.24) is 10.0 Å². The predicted molar refractivity (Wildman–Crippen MR) is 116 cm³/mol. The third kappa shape index (κ3) is 6.68. The van der Waals surface area contributed by atoms with Crippen LogP contribution >= 0.6 is 11.6 Å². The molecule has 1 fully saturated rings. The minimum Gasteiger partial charge on any atom is -0.449 e. The normalized spacial score (nSPS) is 21.0. The lowest BCUT2D eigenvalue weighted by atomic mass is 9.86. The molecule has 1 aromatic rings. The van der Waals surface area contributed by atoms with Crippen LogP contribution in [-0.4, -0.2) is 38.0 Å². The molecule has 2 N–H and O–H groups in total. The van der Waals surface area contributed by atoms with Crippen molar-refractivity contribution < 1.29 is 22.7 Å². The van der Waals surface area contributed by atoms with Crippen molar-refractivity contribution in [1.29, 1.82) is 0 Å². The fourth-order valence-electron chi connectivity index (χ4n) is 3.41. The summed E-state index contributed by atoms with van der Waals surface area (Å²) >= 11 is 6.06. The lowest BCUT2D eigenvalue weighted by Gasteiger charge is -2.30. The summed E-state index contributed by atoms with van der Waals surface area (Å²) in [5.41, 5.74) is -0.721. The largest absolute Gasteiger partial charge is 0.449 e. The number of carbonyl (C=O) groups excluding carboxylic acids is 2. The summed E-state index contributed by atoms with van der Waals surface area (Å²) in [6.45, 7) is 8.69. The molecular weight excluding hydrogens is 428 g/mol. The molecule has 1 aliphatic carbocycles. The van der Waals surface area contributed by atoms with Gasteiger partial charge in [-0.05, 0) is 64.7 Å². The Morgan fingerprint density at radius 2 is 1.83 bits per heavy atom. The summed E-state index contributed by atoms with van der Waals surface area (Å²) < 4.78 is 33.0. The van der Waals surface area contributed by atoms with Crippen LogP contribution in [-0.2, 0) is 19.6 Å². The number of nitrogens with one attached hydrogen (secondary N) is 2. The van der Waals surface area contributed by atoms with Gasteiger partial charge in [0.25, 0.3) is 5.91 Å². The predicted octanol–water partition coefficient (Wildman–Crippen LogP) is 3.66. The Labute approximate surface area is 184 Å². The van der Waals surface area contributed by atoms with Crippen molar-refractivity contribution in [2.75, 3.05) is 0 Å². The Morgan fingerprint density at radius 1 is 1.20 bits per heavy atom. The number of benzene rings is 1. The van der Waals surface area contributed by atoms with Gasteiger partial charge in [-0.15, -0.1) is 0 Å². The fraction of sp³-hybridized carbons (Fsp3) is 0.619. The number of ether oxygens (including phenoxy) is 1. The smallest absolute Gasteiger partial charge is 0.338 e. The van der Waals surface area contributed by atoms with Gasteiger partial charge in [-0.2, -0.15) is 0 Å². The Hall–Kier alpha value is -1.64. The molecule has 9 heteroatoms. The molecule has 0 aliphatic heterocycles. The van der Waals surface area contributed by atoms with Gasteiger partial charge in [0.2, 0.25) is 10.0 Å². The number of esters is 1. The molecule has 1 aliphatic rings. The molecule has 0 aromatic heterocycles. The Balaban J connectivity index is 2.10. The lowest BCUT2D eigenvalue weighted by molar-refractivity contribution is -0.130. The van der Waals surface area contributed by atoms with E-state index in [1.165, 1.54) is 19.1 Å². The Bertz CT molecular complexity index is 895. The van der Waals surface area contributed by atoms with E-state index in [9.17, 15) is 18.0 Å². The van der Waals surface area contributed by atoms with Gasteiger partial charge in [-0.1, -0.05) is 31.4 Å². The van der Waals surface area contributed by atoms with Crippen LogP contribution in [0.25, 0.3) is 0 Å². The highest BCUT2D eigenvalue weighted by atomic mass is 35.5. The van der Waals surface area contributed by atoms with Crippen LogP contribution in [0.2, 0.25) is 5.02 Å². The quantitative estimate of drug-likeness (QED) is 0.633. The molecule has 0 radical (unpaired) electrons. The molecule has 7 nitrogen and oxygen atoms in total. The fourth-order valence-corrected chi connectivity index (χ4v) is 5.35. The van der Waals surface area contributed by atoms with Crippen LogP contribution in [0, 0.1) is 5.92 Å². The van der Waals surface area contributed by atoms with Gasteiger partial charge in [0.05, 0.1) is 10.6 Å². The number of rotatable bonds is 6. The molecule has 0 saturated heterocycles. The number of carbonyl (C=O) groups is 2. The standard InChI is InChI=1S/C21H31ClN2O5S/c1-13-8-6-7-9-17(13)23-19(25)14(2)29-20(26)15-10-11-16(22)18(12-15)30(27,28)24-21(3,4)5/h10-14,17,24H,6-9H2,1-5H3,(H,23,25). The maximum absolute atomic E-state index is 12.6. The summed E-state index contributed by atoms with van der Waals surface area (Å²) in [4.78, 5) is 24.8. The molecule has 1 aromatic carbocycles. The highest BCUT2D eigenvalue weighted by molar-refractivity contribution is 7.89. The van der Waals surface area contributed by atoms with Crippen molar-refractivity contribution in [2.24, 2.45) is 5.92 Å². The van der Waals surface area contributed by atoms with E-state index in [2.05, 4.69) is 17.0 Å². The summed E-state index contributed by atoms with van der Waals surface area (Å²) in [7, 11) is -3.94. The minimum absolute atomic E-state index is 0.000585. The van der Waals surface area contributed by atoms with Gasteiger partial charge in [0.15, 0.2) is 6.10 Å². The topological polar surface area (TPSA) is 102 Å². The van der Waals surface area contributed by atoms with Crippen molar-refractivity contribution >= 4 is 33.5 Å². The SMILES string of the molecule is CC(OC(=O)c1ccc(Cl)c(S(=O)(=O)NC(C)(C)C)c1)C(=O)NC1CCCCC1C. The van der Waals surface area contributed by atoms with Crippen LogP contribution < -0.4 is 10.0 Å². The van der Waals surface area contributed by atoms with E-state index in [0.29, 0.717) is 5.92 Å². The molecule has 1 amide bonds. The third-order valence-electron chi connectivity index (χ3n) is 4.99. The molecule has 3 unspecified atom stereocenters. The first-order valence-corrected chi connectivity index (χ1v) is 12.0. The first-order chi connectivity index (χ1) is 13.8. The van der Waals surface area contributed by atoms with Crippen LogP contribution in [0.1, 0.15) is 70.7 Å². The molecule has 3 atom stereocenters. The van der Waals surface area contributed by atoms with E-state index >= 15 is 0 Å². The van der Waals surface area contributed by atoms with Gasteiger partial charge in [0.1, 0.15) is 4.90 Å². The highest BCUT2D eigenvalue weighted by Crippen LogP contribution is 2.25. The molecule has 0 bridgehead atoms. The zero-order valence-electron chi connectivity index (χ0n) is 18.1. The second-order valence-electron chi connectivity index (χ2n) is 8.93. The van der Waals surface area contributed by atoms with Gasteiger partial charge in [-0.3, -0.25) is 4.79 Å². The molecule has 2 rings (SSSR count). The highest BCUT2D eigenvalue weighted by Gasteiger charge is 2.28. The Kier molecular flexibility index (Phi) is 7.93. The number of sulfonamides is 1. The van der Waals surface area contributed by atoms with Gasteiger partial charge in [0, 0.05) is 11.6 Å². The molecule has 168 valence electrons. The number of hydrogen-bond donors (Lipinski definition) is 2. The maximum atomic E-state index is 12.6. The van der Waals surface area contributed by atoms with E-state index in [0.717, 1.165) is 31.7 Å². The van der Waals surface area contributed by atoms with E-state index in [1.54, 1.807) is 20.8 Å². The first kappa shape index (κ1) is 24.6. The van der Waals surface area contributed by atoms with E-state index in [4.69, 9.17) is 16.3 Å². The summed E-state index contributed by atoms with van der Waals surface area (Å²) in [5.74, 6) is -0.776. The van der Waals surface area contributed by atoms with Crippen LogP contribution in [0.15, 0.2) is 23.1 Å². The summed E-state index contributed by atoms with van der Waals surface area (Å²) in [5, 5.41) is 2.94. The molecule has 1 saturated carbocycles. The van der Waals surface area contributed by atoms with Crippen molar-refractivity contribution in [2.45, 2.75) is 82.9 Å². The minimum atomic E-state index is -3.94.